The molecule has 3 N–H and O–H groups in total. The number of amides is 3. The maximum absolute atomic E-state index is 13.7. The highest BCUT2D eigenvalue weighted by Gasteiger charge is 2.39. The number of nitrogens with one attached hydrogen (secondary N) is 2. The van der Waals surface area contributed by atoms with Crippen LogP contribution in [-0.4, -0.2) is 35.5 Å². The lowest BCUT2D eigenvalue weighted by Gasteiger charge is -2.25. The molecule has 0 aliphatic heterocycles. The van der Waals surface area contributed by atoms with E-state index >= 15 is 0 Å². The summed E-state index contributed by atoms with van der Waals surface area (Å²) in [6, 6.07) is 15.3. The molecule has 3 amide bonds. The van der Waals surface area contributed by atoms with Gasteiger partial charge in [-0.2, -0.15) is 8.78 Å². The fourth-order valence-electron chi connectivity index (χ4n) is 3.50. The second-order valence-electron chi connectivity index (χ2n) is 9.83. The van der Waals surface area contributed by atoms with Crippen LogP contribution in [0.4, 0.5) is 33.7 Å². The molecule has 3 rings (SSSR count). The van der Waals surface area contributed by atoms with E-state index in [9.17, 15) is 31.9 Å². The molecule has 0 aliphatic carbocycles. The summed E-state index contributed by atoms with van der Waals surface area (Å²) in [5.41, 5.74) is 1.99. The zero-order chi connectivity index (χ0) is 29.0. The first kappa shape index (κ1) is 29.2. The van der Waals surface area contributed by atoms with Gasteiger partial charge < -0.3 is 15.7 Å². The molecule has 0 saturated carbocycles. The number of hydrogen-bond acceptors (Lipinski definition) is 3. The van der Waals surface area contributed by atoms with Gasteiger partial charge in [-0.1, -0.05) is 45.0 Å². The number of benzene rings is 3. The summed E-state index contributed by atoms with van der Waals surface area (Å²) < 4.78 is 53.5. The number of halogens is 4. The Labute approximate surface area is 222 Å². The Balaban J connectivity index is 1.82. The molecule has 0 radical (unpaired) electrons. The van der Waals surface area contributed by atoms with Crippen LogP contribution in [-0.2, 0) is 16.8 Å². The molecule has 0 unspecified atom stereocenters. The molecule has 0 spiro atoms. The molecule has 3 aromatic carbocycles. The van der Waals surface area contributed by atoms with Gasteiger partial charge in [-0.05, 0) is 52.9 Å². The van der Waals surface area contributed by atoms with Crippen molar-refractivity contribution in [1.29, 1.82) is 0 Å². The van der Waals surface area contributed by atoms with Crippen LogP contribution in [0, 0.1) is 11.6 Å². The first-order chi connectivity index (χ1) is 18.2. The predicted octanol–water partition coefficient (Wildman–Crippen LogP) is 5.95. The third-order valence-corrected chi connectivity index (χ3v) is 5.80. The van der Waals surface area contributed by atoms with E-state index in [2.05, 4.69) is 5.32 Å². The molecule has 11 heteroatoms. The lowest BCUT2D eigenvalue weighted by molar-refractivity contribution is -0.163. The van der Waals surface area contributed by atoms with E-state index < -0.39 is 42.0 Å². The number of alkyl halides is 2. The number of carboxylic acid groups (broad SMARTS) is 1. The summed E-state index contributed by atoms with van der Waals surface area (Å²) in [5.74, 6) is -9.54. The highest BCUT2D eigenvalue weighted by Crippen LogP contribution is 2.27. The summed E-state index contributed by atoms with van der Waals surface area (Å²) >= 11 is 0. The van der Waals surface area contributed by atoms with Crippen LogP contribution in [0.3, 0.4) is 0 Å². The minimum atomic E-state index is -4.11. The van der Waals surface area contributed by atoms with Crippen LogP contribution in [0.15, 0.2) is 66.7 Å². The first-order valence-electron chi connectivity index (χ1n) is 11.8. The number of carboxylic acids is 1. The average Bonchev–Trinajstić information content (AvgIpc) is 2.88. The van der Waals surface area contributed by atoms with Gasteiger partial charge in [0.25, 0.3) is 5.91 Å². The zero-order valence-corrected chi connectivity index (χ0v) is 21.4. The summed E-state index contributed by atoms with van der Waals surface area (Å²) in [7, 11) is 0. The molecule has 39 heavy (non-hydrogen) atoms. The van der Waals surface area contributed by atoms with Gasteiger partial charge in [-0.25, -0.2) is 18.4 Å². The van der Waals surface area contributed by atoms with E-state index in [1.54, 1.807) is 12.1 Å². The van der Waals surface area contributed by atoms with Crippen LogP contribution in [0.5, 0.6) is 0 Å². The van der Waals surface area contributed by atoms with Crippen LogP contribution in [0.25, 0.3) is 0 Å². The number of hydrogen-bond donors (Lipinski definition) is 3. The van der Waals surface area contributed by atoms with Gasteiger partial charge in [-0.3, -0.25) is 9.69 Å². The summed E-state index contributed by atoms with van der Waals surface area (Å²) in [6.07, 6.45) is 0. The zero-order valence-electron chi connectivity index (χ0n) is 21.4. The SMILES string of the molecule is CC(C)(C)c1ccc(N(Cc2ccc(C(=O)NCC(F)(F)C(=O)O)cc2)C(=O)Nc2ccc(F)c(F)c2)cc1. The summed E-state index contributed by atoms with van der Waals surface area (Å²) in [6.45, 7) is 4.75. The topological polar surface area (TPSA) is 98.7 Å². The van der Waals surface area contributed by atoms with Crippen molar-refractivity contribution in [2.75, 3.05) is 16.8 Å². The van der Waals surface area contributed by atoms with E-state index in [1.807, 2.05) is 38.2 Å². The van der Waals surface area contributed by atoms with Crippen molar-refractivity contribution in [3.8, 4) is 0 Å². The predicted molar refractivity (Wildman–Crippen MR) is 138 cm³/mol. The highest BCUT2D eigenvalue weighted by molar-refractivity contribution is 6.01. The second-order valence-corrected chi connectivity index (χ2v) is 9.83. The number of urea groups is 1. The molecule has 0 aliphatic rings. The number of rotatable bonds is 8. The van der Waals surface area contributed by atoms with Gasteiger partial charge in [0.2, 0.25) is 0 Å². The highest BCUT2D eigenvalue weighted by atomic mass is 19.3. The van der Waals surface area contributed by atoms with Gasteiger partial charge in [0, 0.05) is 23.0 Å². The van der Waals surface area contributed by atoms with Crippen molar-refractivity contribution in [3.63, 3.8) is 0 Å². The monoisotopic (exact) mass is 545 g/mol. The fraction of sp³-hybridized carbons (Fsp3) is 0.250. The number of aliphatic carboxylic acids is 1. The van der Waals surface area contributed by atoms with Crippen molar-refractivity contribution in [1.82, 2.24) is 5.32 Å². The standard InChI is InChI=1S/C28H27F4N3O4/c1-27(2,3)19-8-11-21(12-9-19)35(26(39)34-20-10-13-22(29)23(30)14-20)15-17-4-6-18(7-5-17)24(36)33-16-28(31,32)25(37)38/h4-14H,15-16H2,1-3H3,(H,33,36)(H,34,39)(H,37,38). The molecular weight excluding hydrogens is 518 g/mol. The van der Waals surface area contributed by atoms with E-state index in [0.717, 1.165) is 17.7 Å². The van der Waals surface area contributed by atoms with Crippen molar-refractivity contribution in [2.45, 2.75) is 38.7 Å². The van der Waals surface area contributed by atoms with Crippen LogP contribution >= 0.6 is 0 Å². The van der Waals surface area contributed by atoms with E-state index in [-0.39, 0.29) is 23.2 Å². The van der Waals surface area contributed by atoms with Crippen molar-refractivity contribution < 1.29 is 37.1 Å². The van der Waals surface area contributed by atoms with E-state index in [4.69, 9.17) is 5.11 Å². The molecule has 0 bridgehead atoms. The Hall–Kier alpha value is -4.41. The Kier molecular flexibility index (Phi) is 8.63. The van der Waals surface area contributed by atoms with Gasteiger partial charge in [-0.15, -0.1) is 0 Å². The Morgan fingerprint density at radius 2 is 1.49 bits per heavy atom. The molecule has 0 saturated heterocycles. The van der Waals surface area contributed by atoms with Gasteiger partial charge in [0.05, 0.1) is 13.1 Å². The first-order valence-corrected chi connectivity index (χ1v) is 11.8. The average molecular weight is 546 g/mol. The summed E-state index contributed by atoms with van der Waals surface area (Å²) in [4.78, 5) is 37.3. The van der Waals surface area contributed by atoms with Crippen molar-refractivity contribution in [3.05, 3.63) is 95.1 Å². The largest absolute Gasteiger partial charge is 0.477 e. The lowest BCUT2D eigenvalue weighted by atomic mass is 9.87. The normalized spacial score (nSPS) is 11.6. The minimum absolute atomic E-state index is 0.00333. The summed E-state index contributed by atoms with van der Waals surface area (Å²) in [5, 5.41) is 12.9. The second kappa shape index (κ2) is 11.5. The number of carbonyl (C=O) groups excluding carboxylic acids is 2. The molecule has 0 aromatic heterocycles. The Bertz CT molecular complexity index is 1350. The van der Waals surface area contributed by atoms with Crippen LogP contribution in [0.2, 0.25) is 0 Å². The van der Waals surface area contributed by atoms with Crippen molar-refractivity contribution in [2.24, 2.45) is 0 Å². The molecule has 0 heterocycles. The molecular formula is C28H27F4N3O4. The van der Waals surface area contributed by atoms with E-state index in [0.29, 0.717) is 11.3 Å². The third kappa shape index (κ3) is 7.56. The Morgan fingerprint density at radius 3 is 2.03 bits per heavy atom. The quantitative estimate of drug-likeness (QED) is 0.305. The van der Waals surface area contributed by atoms with E-state index in [1.165, 1.54) is 35.2 Å². The van der Waals surface area contributed by atoms with Gasteiger partial charge in [0.15, 0.2) is 11.6 Å². The maximum Gasteiger partial charge on any atom is 0.376 e. The number of carbonyl (C=O) groups is 3. The van der Waals surface area contributed by atoms with Crippen molar-refractivity contribution >= 4 is 29.3 Å². The molecule has 3 aromatic rings. The fourth-order valence-corrected chi connectivity index (χ4v) is 3.50. The molecule has 0 fully saturated rings. The van der Waals surface area contributed by atoms with Gasteiger partial charge >= 0.3 is 17.9 Å². The smallest absolute Gasteiger partial charge is 0.376 e. The van der Waals surface area contributed by atoms with Crippen LogP contribution < -0.4 is 15.5 Å². The third-order valence-electron chi connectivity index (χ3n) is 5.80. The molecule has 0 atom stereocenters. The van der Waals surface area contributed by atoms with Gasteiger partial charge in [0.1, 0.15) is 0 Å². The Morgan fingerprint density at radius 1 is 0.872 bits per heavy atom. The minimum Gasteiger partial charge on any atom is -0.477 e. The molecule has 7 nitrogen and oxygen atoms in total. The van der Waals surface area contributed by atoms with Crippen LogP contribution in [0.1, 0.15) is 42.3 Å². The number of anilines is 2. The maximum atomic E-state index is 13.7. The molecule has 206 valence electrons. The lowest BCUT2D eigenvalue weighted by Crippen LogP contribution is -2.42. The number of nitrogens with zero attached hydrogens (tertiary/aromatic N) is 1.